The largest absolute Gasteiger partial charge is 0.535 e. The summed E-state index contributed by atoms with van der Waals surface area (Å²) in [4.78, 5) is 17.8. The van der Waals surface area contributed by atoms with E-state index in [4.69, 9.17) is 15.1 Å². The molecule has 10 nitrogen and oxygen atoms in total. The molecule has 0 unspecified atom stereocenters. The number of aromatic amines is 1. The minimum absolute atomic E-state index is 0.0392. The standard InChI is InChI=1S/C15H18BN5O5/c17-15-18-11(19-20-15)7-21-5-9(6-21)25-10-2-1-8-3-4-16(24)26-13(8)12(10)14(22)23/h1-2,9,24H,3-7H2,(H,22,23)(H3,17,18,19,20). The summed E-state index contributed by atoms with van der Waals surface area (Å²) >= 11 is 0. The lowest BCUT2D eigenvalue weighted by atomic mass is 9.78. The van der Waals surface area contributed by atoms with Crippen molar-refractivity contribution >= 4 is 19.0 Å². The molecule has 0 amide bonds. The number of ether oxygens (including phenoxy) is 1. The van der Waals surface area contributed by atoms with Gasteiger partial charge in [0.25, 0.3) is 0 Å². The molecular formula is C15H18BN5O5. The fourth-order valence-corrected chi connectivity index (χ4v) is 3.21. The summed E-state index contributed by atoms with van der Waals surface area (Å²) < 4.78 is 11.2. The van der Waals surface area contributed by atoms with E-state index in [9.17, 15) is 14.9 Å². The second-order valence-electron chi connectivity index (χ2n) is 6.42. The summed E-state index contributed by atoms with van der Waals surface area (Å²) in [6.45, 7) is 1.82. The molecular weight excluding hydrogens is 341 g/mol. The van der Waals surface area contributed by atoms with Gasteiger partial charge in [0.05, 0.1) is 6.54 Å². The van der Waals surface area contributed by atoms with Crippen LogP contribution in [0.4, 0.5) is 5.95 Å². The summed E-state index contributed by atoms with van der Waals surface area (Å²) in [5.74, 6) is 0.180. The fraction of sp³-hybridized carbons (Fsp3) is 0.400. The van der Waals surface area contributed by atoms with E-state index in [-0.39, 0.29) is 29.1 Å². The summed E-state index contributed by atoms with van der Waals surface area (Å²) in [7, 11) is -0.996. The first kappa shape index (κ1) is 16.7. The number of aromatic nitrogens is 3. The number of hydrogen-bond donors (Lipinski definition) is 4. The van der Waals surface area contributed by atoms with Crippen LogP contribution in [0, 0.1) is 0 Å². The molecule has 136 valence electrons. The van der Waals surface area contributed by atoms with Gasteiger partial charge in [0.2, 0.25) is 5.95 Å². The number of anilines is 1. The van der Waals surface area contributed by atoms with E-state index in [0.717, 1.165) is 5.56 Å². The Morgan fingerprint density at radius 3 is 3.00 bits per heavy atom. The van der Waals surface area contributed by atoms with Crippen LogP contribution < -0.4 is 15.1 Å². The number of nitrogen functional groups attached to an aromatic ring is 1. The molecule has 0 aliphatic carbocycles. The number of aromatic carboxylic acids is 1. The van der Waals surface area contributed by atoms with Crippen molar-refractivity contribution in [3.05, 3.63) is 29.1 Å². The van der Waals surface area contributed by atoms with Crippen molar-refractivity contribution in [1.82, 2.24) is 20.1 Å². The molecule has 4 rings (SSSR count). The van der Waals surface area contributed by atoms with Gasteiger partial charge in [-0.1, -0.05) is 6.07 Å². The zero-order valence-corrected chi connectivity index (χ0v) is 13.9. The molecule has 2 aliphatic heterocycles. The predicted octanol–water partition coefficient (Wildman–Crippen LogP) is -0.236. The zero-order chi connectivity index (χ0) is 18.3. The first-order valence-corrected chi connectivity index (χ1v) is 8.29. The number of likely N-dealkylation sites (tertiary alicyclic amines) is 1. The highest BCUT2D eigenvalue weighted by atomic mass is 16.5. The molecule has 2 aliphatic rings. The number of carbonyl (C=O) groups is 1. The zero-order valence-electron chi connectivity index (χ0n) is 13.9. The number of aryl methyl sites for hydroxylation is 1. The molecule has 2 aromatic rings. The Hall–Kier alpha value is -2.79. The van der Waals surface area contributed by atoms with Crippen LogP contribution in [0.3, 0.4) is 0 Å². The third kappa shape index (κ3) is 3.18. The third-order valence-electron chi connectivity index (χ3n) is 4.47. The quantitative estimate of drug-likeness (QED) is 0.531. The van der Waals surface area contributed by atoms with Gasteiger partial charge in [-0.3, -0.25) is 10.00 Å². The molecule has 0 bridgehead atoms. The minimum atomic E-state index is -1.14. The number of hydrogen-bond acceptors (Lipinski definition) is 8. The molecule has 26 heavy (non-hydrogen) atoms. The topological polar surface area (TPSA) is 147 Å². The van der Waals surface area contributed by atoms with E-state index in [0.29, 0.717) is 38.2 Å². The van der Waals surface area contributed by atoms with Crippen molar-refractivity contribution in [1.29, 1.82) is 0 Å². The van der Waals surface area contributed by atoms with Crippen LogP contribution >= 0.6 is 0 Å². The molecule has 0 saturated carbocycles. The first-order chi connectivity index (χ1) is 12.5. The van der Waals surface area contributed by atoms with Gasteiger partial charge in [0.15, 0.2) is 0 Å². The van der Waals surface area contributed by atoms with Crippen molar-refractivity contribution < 1.29 is 24.3 Å². The average Bonchev–Trinajstić information content (AvgIpc) is 2.97. The van der Waals surface area contributed by atoms with Crippen LogP contribution in [0.5, 0.6) is 11.5 Å². The number of nitrogens with zero attached hydrogens (tertiary/aromatic N) is 3. The number of nitrogens with one attached hydrogen (secondary N) is 1. The lowest BCUT2D eigenvalue weighted by molar-refractivity contribution is 0.0120. The molecule has 0 radical (unpaired) electrons. The summed E-state index contributed by atoms with van der Waals surface area (Å²) in [6, 6.07) is 3.44. The third-order valence-corrected chi connectivity index (χ3v) is 4.47. The van der Waals surface area contributed by atoms with E-state index in [1.807, 2.05) is 0 Å². The van der Waals surface area contributed by atoms with Gasteiger partial charge in [-0.15, -0.1) is 5.10 Å². The Bertz CT molecular complexity index is 838. The summed E-state index contributed by atoms with van der Waals surface area (Å²) in [5.41, 5.74) is 6.19. The fourth-order valence-electron chi connectivity index (χ4n) is 3.21. The molecule has 11 heteroatoms. The second-order valence-corrected chi connectivity index (χ2v) is 6.42. The summed E-state index contributed by atoms with van der Waals surface area (Å²) in [5, 5.41) is 25.8. The number of nitrogens with two attached hydrogens (primary N) is 1. The van der Waals surface area contributed by atoms with Gasteiger partial charge < -0.3 is 25.3 Å². The van der Waals surface area contributed by atoms with E-state index < -0.39 is 13.1 Å². The van der Waals surface area contributed by atoms with E-state index >= 15 is 0 Å². The molecule has 1 aromatic carbocycles. The van der Waals surface area contributed by atoms with E-state index in [1.54, 1.807) is 12.1 Å². The van der Waals surface area contributed by atoms with Gasteiger partial charge in [0.1, 0.15) is 29.0 Å². The first-order valence-electron chi connectivity index (χ1n) is 8.29. The van der Waals surface area contributed by atoms with Crippen LogP contribution in [-0.2, 0) is 13.0 Å². The minimum Gasteiger partial charge on any atom is -0.535 e. The van der Waals surface area contributed by atoms with Crippen LogP contribution in [0.1, 0.15) is 21.7 Å². The SMILES string of the molecule is Nc1n[nH]c(CN2CC(Oc3ccc4c(c3C(=O)O)OB(O)CC4)C2)n1. The normalized spacial score (nSPS) is 17.3. The Balaban J connectivity index is 1.44. The summed E-state index contributed by atoms with van der Waals surface area (Å²) in [6.07, 6.45) is 0.866. The smallest absolute Gasteiger partial charge is 0.522 e. The maximum atomic E-state index is 11.7. The van der Waals surface area contributed by atoms with Gasteiger partial charge in [-0.05, 0) is 24.4 Å². The van der Waals surface area contributed by atoms with Gasteiger partial charge in [-0.25, -0.2) is 4.79 Å². The highest BCUT2D eigenvalue weighted by Crippen LogP contribution is 2.37. The highest BCUT2D eigenvalue weighted by Gasteiger charge is 2.33. The van der Waals surface area contributed by atoms with Crippen molar-refractivity contribution in [2.24, 2.45) is 0 Å². The van der Waals surface area contributed by atoms with Crippen LogP contribution in [-0.4, -0.2) is 62.5 Å². The van der Waals surface area contributed by atoms with Crippen molar-refractivity contribution in [2.45, 2.75) is 25.4 Å². The number of fused-ring (bicyclic) bond motifs is 1. The molecule has 1 saturated heterocycles. The van der Waals surface area contributed by atoms with Gasteiger partial charge in [0, 0.05) is 13.1 Å². The molecule has 3 heterocycles. The highest BCUT2D eigenvalue weighted by molar-refractivity contribution is 6.44. The molecule has 1 fully saturated rings. The number of H-pyrrole nitrogens is 1. The number of carboxylic acids is 1. The van der Waals surface area contributed by atoms with Gasteiger partial charge in [-0.2, -0.15) is 4.98 Å². The number of benzene rings is 1. The van der Waals surface area contributed by atoms with Crippen molar-refractivity contribution in [3.8, 4) is 11.5 Å². The van der Waals surface area contributed by atoms with Crippen molar-refractivity contribution in [2.75, 3.05) is 18.8 Å². The lowest BCUT2D eigenvalue weighted by Gasteiger charge is -2.38. The molecule has 1 aromatic heterocycles. The predicted molar refractivity (Wildman–Crippen MR) is 91.0 cm³/mol. The second kappa shape index (κ2) is 6.50. The van der Waals surface area contributed by atoms with E-state index in [2.05, 4.69) is 20.1 Å². The van der Waals surface area contributed by atoms with Gasteiger partial charge >= 0.3 is 13.1 Å². The van der Waals surface area contributed by atoms with Crippen LogP contribution in [0.15, 0.2) is 12.1 Å². The molecule has 0 spiro atoms. The maximum absolute atomic E-state index is 11.7. The maximum Gasteiger partial charge on any atom is 0.522 e. The number of carboxylic acid groups (broad SMARTS) is 1. The number of rotatable bonds is 5. The monoisotopic (exact) mass is 359 g/mol. The Labute approximate surface area is 149 Å². The van der Waals surface area contributed by atoms with Crippen LogP contribution in [0.25, 0.3) is 0 Å². The Morgan fingerprint density at radius 1 is 1.50 bits per heavy atom. The molecule has 5 N–H and O–H groups in total. The van der Waals surface area contributed by atoms with E-state index in [1.165, 1.54) is 0 Å². The lowest BCUT2D eigenvalue weighted by Crippen LogP contribution is -2.53. The van der Waals surface area contributed by atoms with Crippen molar-refractivity contribution in [3.63, 3.8) is 0 Å². The Morgan fingerprint density at radius 2 is 2.31 bits per heavy atom. The average molecular weight is 359 g/mol. The Kier molecular flexibility index (Phi) is 4.17. The molecule has 0 atom stereocenters. The van der Waals surface area contributed by atoms with Crippen LogP contribution in [0.2, 0.25) is 6.32 Å².